The van der Waals surface area contributed by atoms with Gasteiger partial charge >= 0.3 is 12.0 Å². The number of carbonyl (C=O) groups excluding carboxylic acids is 4. The maximum atomic E-state index is 12.7. The SMILES string of the molecule is O=C(COC(=O)C(NC(=O)c1ccccc1)c1ccccc1)NC(=O)NC1CCCCC1. The first-order chi connectivity index (χ1) is 15.5. The Bertz CT molecular complexity index is 927. The zero-order valence-electron chi connectivity index (χ0n) is 17.7. The lowest BCUT2D eigenvalue weighted by molar-refractivity contribution is -0.150. The van der Waals surface area contributed by atoms with E-state index in [0.717, 1.165) is 32.1 Å². The third-order valence-electron chi connectivity index (χ3n) is 5.22. The Kier molecular flexibility index (Phi) is 8.36. The van der Waals surface area contributed by atoms with Gasteiger partial charge in [-0.15, -0.1) is 0 Å². The number of imide groups is 1. The highest BCUT2D eigenvalue weighted by Crippen LogP contribution is 2.17. The fourth-order valence-corrected chi connectivity index (χ4v) is 3.58. The van der Waals surface area contributed by atoms with Crippen LogP contribution in [-0.4, -0.2) is 36.5 Å². The van der Waals surface area contributed by atoms with Crippen LogP contribution in [0.3, 0.4) is 0 Å². The van der Waals surface area contributed by atoms with Crippen LogP contribution in [0, 0.1) is 0 Å². The molecule has 8 heteroatoms. The molecule has 0 spiro atoms. The predicted octanol–water partition coefficient (Wildman–Crippen LogP) is 2.86. The van der Waals surface area contributed by atoms with Gasteiger partial charge in [-0.05, 0) is 30.5 Å². The second kappa shape index (κ2) is 11.6. The molecular formula is C24H27N3O5. The van der Waals surface area contributed by atoms with Crippen LogP contribution in [0.1, 0.15) is 54.1 Å². The number of nitrogens with one attached hydrogen (secondary N) is 3. The Balaban J connectivity index is 1.55. The summed E-state index contributed by atoms with van der Waals surface area (Å²) in [5.41, 5.74) is 0.899. The van der Waals surface area contributed by atoms with Crippen LogP contribution < -0.4 is 16.0 Å². The van der Waals surface area contributed by atoms with Crippen molar-refractivity contribution in [3.63, 3.8) is 0 Å². The van der Waals surface area contributed by atoms with Gasteiger partial charge in [0, 0.05) is 11.6 Å². The number of esters is 1. The minimum Gasteiger partial charge on any atom is -0.454 e. The summed E-state index contributed by atoms with van der Waals surface area (Å²) in [6.45, 7) is -0.637. The summed E-state index contributed by atoms with van der Waals surface area (Å²) in [4.78, 5) is 49.3. The van der Waals surface area contributed by atoms with Gasteiger partial charge in [0.15, 0.2) is 12.6 Å². The first-order valence-corrected chi connectivity index (χ1v) is 10.7. The molecule has 168 valence electrons. The average Bonchev–Trinajstić information content (AvgIpc) is 2.82. The summed E-state index contributed by atoms with van der Waals surface area (Å²) >= 11 is 0. The fourth-order valence-electron chi connectivity index (χ4n) is 3.58. The molecule has 1 aliphatic carbocycles. The normalized spacial score (nSPS) is 14.6. The number of ether oxygens (including phenoxy) is 1. The average molecular weight is 437 g/mol. The molecule has 4 amide bonds. The highest BCUT2D eigenvalue weighted by atomic mass is 16.5. The molecule has 3 N–H and O–H groups in total. The van der Waals surface area contributed by atoms with E-state index < -0.39 is 36.5 Å². The molecule has 0 radical (unpaired) electrons. The molecular weight excluding hydrogens is 410 g/mol. The quantitative estimate of drug-likeness (QED) is 0.577. The Morgan fingerprint density at radius 1 is 0.875 bits per heavy atom. The van der Waals surface area contributed by atoms with E-state index in [4.69, 9.17) is 4.74 Å². The Morgan fingerprint density at radius 3 is 2.16 bits per heavy atom. The summed E-state index contributed by atoms with van der Waals surface area (Å²) < 4.78 is 5.10. The summed E-state index contributed by atoms with van der Waals surface area (Å²) in [6.07, 6.45) is 5.02. The van der Waals surface area contributed by atoms with Gasteiger partial charge in [-0.25, -0.2) is 9.59 Å². The summed E-state index contributed by atoms with van der Waals surface area (Å²) in [5, 5.41) is 7.58. The zero-order chi connectivity index (χ0) is 22.8. The molecule has 1 saturated carbocycles. The number of hydrogen-bond donors (Lipinski definition) is 3. The van der Waals surface area contributed by atoms with Crippen molar-refractivity contribution in [2.75, 3.05) is 6.61 Å². The van der Waals surface area contributed by atoms with E-state index in [1.165, 1.54) is 0 Å². The summed E-state index contributed by atoms with van der Waals surface area (Å²) in [7, 11) is 0. The van der Waals surface area contributed by atoms with E-state index in [-0.39, 0.29) is 6.04 Å². The first kappa shape index (κ1) is 23.0. The van der Waals surface area contributed by atoms with Crippen molar-refractivity contribution in [1.82, 2.24) is 16.0 Å². The van der Waals surface area contributed by atoms with Crippen molar-refractivity contribution >= 4 is 23.8 Å². The van der Waals surface area contributed by atoms with Crippen LogP contribution in [-0.2, 0) is 14.3 Å². The predicted molar refractivity (Wildman–Crippen MR) is 118 cm³/mol. The van der Waals surface area contributed by atoms with Gasteiger partial charge in [0.25, 0.3) is 11.8 Å². The minimum absolute atomic E-state index is 0.0507. The molecule has 0 aliphatic heterocycles. The van der Waals surface area contributed by atoms with E-state index in [0.29, 0.717) is 11.1 Å². The van der Waals surface area contributed by atoms with Crippen LogP contribution >= 0.6 is 0 Å². The molecule has 0 aromatic heterocycles. The van der Waals surface area contributed by atoms with Crippen LogP contribution in [0.15, 0.2) is 60.7 Å². The standard InChI is InChI=1S/C24H27N3O5/c28-20(26-24(31)25-19-14-8-3-9-15-19)16-32-23(30)21(17-10-4-1-5-11-17)27-22(29)18-12-6-2-7-13-18/h1-2,4-7,10-13,19,21H,3,8-9,14-16H2,(H,27,29)(H2,25,26,28,31). The molecule has 3 rings (SSSR count). The van der Waals surface area contributed by atoms with Gasteiger partial charge in [-0.3, -0.25) is 14.9 Å². The highest BCUT2D eigenvalue weighted by Gasteiger charge is 2.26. The van der Waals surface area contributed by atoms with Crippen molar-refractivity contribution in [2.45, 2.75) is 44.2 Å². The lowest BCUT2D eigenvalue weighted by atomic mass is 9.96. The van der Waals surface area contributed by atoms with E-state index in [9.17, 15) is 19.2 Å². The number of benzene rings is 2. The molecule has 1 atom stereocenters. The number of hydrogen-bond acceptors (Lipinski definition) is 5. The Hall–Kier alpha value is -3.68. The third kappa shape index (κ3) is 6.94. The zero-order valence-corrected chi connectivity index (χ0v) is 17.7. The second-order valence-corrected chi connectivity index (χ2v) is 7.65. The lowest BCUT2D eigenvalue weighted by Crippen LogP contribution is -2.46. The molecule has 32 heavy (non-hydrogen) atoms. The Morgan fingerprint density at radius 2 is 1.50 bits per heavy atom. The first-order valence-electron chi connectivity index (χ1n) is 10.7. The second-order valence-electron chi connectivity index (χ2n) is 7.65. The molecule has 1 fully saturated rings. The Labute approximate surface area is 186 Å². The lowest BCUT2D eigenvalue weighted by Gasteiger charge is -2.22. The fraction of sp³-hybridized carbons (Fsp3) is 0.333. The number of amides is 4. The summed E-state index contributed by atoms with van der Waals surface area (Å²) in [6, 6.07) is 15.4. The van der Waals surface area contributed by atoms with Gasteiger partial charge < -0.3 is 15.4 Å². The van der Waals surface area contributed by atoms with E-state index in [1.54, 1.807) is 60.7 Å². The van der Waals surface area contributed by atoms with E-state index in [2.05, 4.69) is 16.0 Å². The van der Waals surface area contributed by atoms with Crippen molar-refractivity contribution in [2.24, 2.45) is 0 Å². The maximum absolute atomic E-state index is 12.7. The molecule has 2 aromatic rings. The molecule has 2 aromatic carbocycles. The van der Waals surface area contributed by atoms with Crippen molar-refractivity contribution in [3.05, 3.63) is 71.8 Å². The van der Waals surface area contributed by atoms with Crippen molar-refractivity contribution in [3.8, 4) is 0 Å². The van der Waals surface area contributed by atoms with Gasteiger partial charge in [0.2, 0.25) is 0 Å². The van der Waals surface area contributed by atoms with E-state index in [1.807, 2.05) is 0 Å². The molecule has 0 heterocycles. The molecule has 0 bridgehead atoms. The largest absolute Gasteiger partial charge is 0.454 e. The van der Waals surface area contributed by atoms with E-state index >= 15 is 0 Å². The number of urea groups is 1. The number of carbonyl (C=O) groups is 4. The smallest absolute Gasteiger partial charge is 0.333 e. The summed E-state index contributed by atoms with van der Waals surface area (Å²) in [5.74, 6) is -2.00. The minimum atomic E-state index is -1.10. The van der Waals surface area contributed by atoms with Gasteiger partial charge in [-0.2, -0.15) is 0 Å². The van der Waals surface area contributed by atoms with Crippen LogP contribution in [0.2, 0.25) is 0 Å². The molecule has 1 aliphatic rings. The number of rotatable bonds is 7. The van der Waals surface area contributed by atoms with Gasteiger partial charge in [0.1, 0.15) is 0 Å². The monoisotopic (exact) mass is 437 g/mol. The van der Waals surface area contributed by atoms with Gasteiger partial charge in [0.05, 0.1) is 0 Å². The molecule has 8 nitrogen and oxygen atoms in total. The van der Waals surface area contributed by atoms with Crippen LogP contribution in [0.4, 0.5) is 4.79 Å². The highest BCUT2D eigenvalue weighted by molar-refractivity contribution is 5.98. The van der Waals surface area contributed by atoms with Crippen LogP contribution in [0.5, 0.6) is 0 Å². The molecule has 1 unspecified atom stereocenters. The topological polar surface area (TPSA) is 114 Å². The van der Waals surface area contributed by atoms with Gasteiger partial charge in [-0.1, -0.05) is 67.8 Å². The van der Waals surface area contributed by atoms with Crippen molar-refractivity contribution < 1.29 is 23.9 Å². The third-order valence-corrected chi connectivity index (χ3v) is 5.22. The maximum Gasteiger partial charge on any atom is 0.333 e. The molecule has 0 saturated heterocycles. The van der Waals surface area contributed by atoms with Crippen molar-refractivity contribution in [1.29, 1.82) is 0 Å². The van der Waals surface area contributed by atoms with Crippen LogP contribution in [0.25, 0.3) is 0 Å².